The molecule has 6 nitrogen and oxygen atoms in total. The molecular weight excluding hydrogens is 238 g/mol. The molecule has 0 aliphatic rings. The van der Waals surface area contributed by atoms with Gasteiger partial charge in [0, 0.05) is 12.7 Å². The maximum atomic E-state index is 10.7. The third-order valence-corrected chi connectivity index (χ3v) is 2.84. The van der Waals surface area contributed by atoms with Crippen molar-refractivity contribution in [1.29, 1.82) is 0 Å². The normalized spacial score (nSPS) is 11.4. The summed E-state index contributed by atoms with van der Waals surface area (Å²) in [7, 11) is 0. The summed E-state index contributed by atoms with van der Waals surface area (Å²) in [4.78, 5) is 18.6. The van der Waals surface area contributed by atoms with Gasteiger partial charge < -0.3 is 5.73 Å². The van der Waals surface area contributed by atoms with E-state index >= 15 is 0 Å². The molecule has 7 heteroatoms. The largest absolute Gasteiger partial charge is 0.383 e. The third kappa shape index (κ3) is 2.62. The summed E-state index contributed by atoms with van der Waals surface area (Å²) in [5, 5.41) is 7.64. The number of thioether (sulfide) groups is 1. The number of aromatic nitrogens is 4. The van der Waals surface area contributed by atoms with Crippen LogP contribution in [0.3, 0.4) is 0 Å². The topological polar surface area (TPSA) is 97.5 Å². The summed E-state index contributed by atoms with van der Waals surface area (Å²) in [5.41, 5.74) is 7.04. The molecule has 2 rings (SSSR count). The maximum absolute atomic E-state index is 10.7. The van der Waals surface area contributed by atoms with Crippen LogP contribution in [0.2, 0.25) is 0 Å². The van der Waals surface area contributed by atoms with Crippen LogP contribution in [0, 0.1) is 0 Å². The molecule has 0 bridgehead atoms. The highest BCUT2D eigenvalue weighted by Crippen LogP contribution is 2.19. The minimum atomic E-state index is 0.0898. The van der Waals surface area contributed by atoms with Gasteiger partial charge in [0.2, 0.25) is 0 Å². The van der Waals surface area contributed by atoms with Crippen molar-refractivity contribution in [1.82, 2.24) is 20.2 Å². The monoisotopic (exact) mass is 249 g/mol. The molecule has 2 aromatic heterocycles. The van der Waals surface area contributed by atoms with Gasteiger partial charge in [0.15, 0.2) is 10.8 Å². The summed E-state index contributed by atoms with van der Waals surface area (Å²) >= 11 is 1.24. The number of anilines is 1. The Morgan fingerprint density at radius 3 is 3.18 bits per heavy atom. The van der Waals surface area contributed by atoms with Crippen LogP contribution in [0.15, 0.2) is 12.4 Å². The van der Waals surface area contributed by atoms with Crippen molar-refractivity contribution in [2.75, 3.05) is 11.5 Å². The van der Waals surface area contributed by atoms with Gasteiger partial charge in [-0.05, 0) is 6.08 Å². The highest BCUT2D eigenvalue weighted by atomic mass is 32.2. The smallest absolute Gasteiger partial charge is 0.186 e. The number of nitrogens with two attached hydrogens (primary N) is 1. The second-order valence-electron chi connectivity index (χ2n) is 3.30. The molecule has 0 saturated heterocycles. The van der Waals surface area contributed by atoms with Crippen molar-refractivity contribution in [3.8, 4) is 0 Å². The molecule has 0 atom stereocenters. The number of nitrogen functional groups attached to an aromatic ring is 1. The van der Waals surface area contributed by atoms with Gasteiger partial charge in [-0.2, -0.15) is 5.10 Å². The first-order valence-corrected chi connectivity index (χ1v) is 5.91. The van der Waals surface area contributed by atoms with E-state index in [4.69, 9.17) is 5.73 Å². The average molecular weight is 249 g/mol. The maximum Gasteiger partial charge on any atom is 0.186 e. The zero-order chi connectivity index (χ0) is 12.3. The molecule has 17 heavy (non-hydrogen) atoms. The van der Waals surface area contributed by atoms with Crippen molar-refractivity contribution < 1.29 is 4.79 Å². The average Bonchev–Trinajstić information content (AvgIpc) is 2.69. The van der Waals surface area contributed by atoms with Gasteiger partial charge in [0.25, 0.3) is 0 Å². The minimum Gasteiger partial charge on any atom is -0.383 e. The number of nitrogens with one attached hydrogen (secondary N) is 1. The summed E-state index contributed by atoms with van der Waals surface area (Å²) in [6, 6.07) is 0. The zero-order valence-corrected chi connectivity index (χ0v) is 9.99. The lowest BCUT2D eigenvalue weighted by Crippen LogP contribution is -1.92. The van der Waals surface area contributed by atoms with E-state index in [1.165, 1.54) is 25.0 Å². The fourth-order valence-corrected chi connectivity index (χ4v) is 1.78. The summed E-state index contributed by atoms with van der Waals surface area (Å²) < 4.78 is 0. The standard InChI is InChI=1S/C10H11N5OS/c1-6(16)17-4-2-3-7-8-9(11)12-5-13-10(8)15-14-7/h2-3,5H,4H2,1H3,(H3,11,12,13,14,15). The Morgan fingerprint density at radius 1 is 1.59 bits per heavy atom. The molecule has 2 heterocycles. The Kier molecular flexibility index (Phi) is 3.38. The van der Waals surface area contributed by atoms with Gasteiger partial charge in [0.05, 0.1) is 11.1 Å². The van der Waals surface area contributed by atoms with E-state index < -0.39 is 0 Å². The van der Waals surface area contributed by atoms with E-state index in [0.29, 0.717) is 22.6 Å². The molecule has 88 valence electrons. The number of aromatic amines is 1. The molecule has 0 radical (unpaired) electrons. The summed E-state index contributed by atoms with van der Waals surface area (Å²) in [6.45, 7) is 1.54. The molecule has 0 amide bonds. The second-order valence-corrected chi connectivity index (χ2v) is 4.50. The van der Waals surface area contributed by atoms with Gasteiger partial charge in [-0.3, -0.25) is 9.89 Å². The van der Waals surface area contributed by atoms with Gasteiger partial charge in [-0.15, -0.1) is 0 Å². The number of hydrogen-bond donors (Lipinski definition) is 2. The van der Waals surface area contributed by atoms with Gasteiger partial charge in [-0.25, -0.2) is 9.97 Å². The molecule has 0 unspecified atom stereocenters. The molecule has 0 fully saturated rings. The molecule has 0 aliphatic heterocycles. The number of rotatable bonds is 3. The predicted octanol–water partition coefficient (Wildman–Crippen LogP) is 1.23. The molecular formula is C10H11N5OS. The highest BCUT2D eigenvalue weighted by molar-refractivity contribution is 8.13. The molecule has 0 aliphatic carbocycles. The van der Waals surface area contributed by atoms with Crippen LogP contribution in [0.25, 0.3) is 17.1 Å². The first-order valence-electron chi connectivity index (χ1n) is 4.93. The number of hydrogen-bond acceptors (Lipinski definition) is 6. The third-order valence-electron chi connectivity index (χ3n) is 2.08. The van der Waals surface area contributed by atoms with Crippen LogP contribution in [0.5, 0.6) is 0 Å². The summed E-state index contributed by atoms with van der Waals surface area (Å²) in [6.07, 6.45) is 5.06. The van der Waals surface area contributed by atoms with Crippen LogP contribution in [-0.4, -0.2) is 31.0 Å². The van der Waals surface area contributed by atoms with Crippen LogP contribution in [0.4, 0.5) is 5.82 Å². The fourth-order valence-electron chi connectivity index (χ4n) is 1.35. The van der Waals surface area contributed by atoms with Crippen LogP contribution in [0.1, 0.15) is 12.6 Å². The van der Waals surface area contributed by atoms with Gasteiger partial charge in [-0.1, -0.05) is 17.8 Å². The van der Waals surface area contributed by atoms with E-state index in [1.54, 1.807) is 0 Å². The van der Waals surface area contributed by atoms with E-state index in [9.17, 15) is 4.79 Å². The van der Waals surface area contributed by atoms with Crippen LogP contribution in [-0.2, 0) is 4.79 Å². The van der Waals surface area contributed by atoms with E-state index in [1.807, 2.05) is 12.2 Å². The van der Waals surface area contributed by atoms with Crippen LogP contribution < -0.4 is 5.73 Å². The first-order chi connectivity index (χ1) is 8.18. The van der Waals surface area contributed by atoms with E-state index in [0.717, 1.165) is 5.69 Å². The lowest BCUT2D eigenvalue weighted by atomic mass is 10.2. The Labute approximate surface area is 102 Å². The highest BCUT2D eigenvalue weighted by Gasteiger charge is 2.07. The molecule has 2 aromatic rings. The quantitative estimate of drug-likeness (QED) is 0.849. The molecule has 0 saturated carbocycles. The van der Waals surface area contributed by atoms with Gasteiger partial charge in [0.1, 0.15) is 12.1 Å². The minimum absolute atomic E-state index is 0.0898. The van der Waals surface area contributed by atoms with Gasteiger partial charge >= 0.3 is 0 Å². The number of carbonyl (C=O) groups excluding carboxylic acids is 1. The Hall–Kier alpha value is -1.89. The molecule has 0 aromatic carbocycles. The van der Waals surface area contributed by atoms with E-state index in [-0.39, 0.29) is 5.12 Å². The lowest BCUT2D eigenvalue weighted by Gasteiger charge is -1.94. The predicted molar refractivity (Wildman–Crippen MR) is 68.3 cm³/mol. The van der Waals surface area contributed by atoms with Crippen LogP contribution >= 0.6 is 11.8 Å². The Bertz CT molecular complexity index is 577. The molecule has 3 N–H and O–H groups in total. The van der Waals surface area contributed by atoms with Crippen molar-refractivity contribution in [3.63, 3.8) is 0 Å². The Balaban J connectivity index is 2.22. The number of fused-ring (bicyclic) bond motifs is 1. The number of carbonyl (C=O) groups is 1. The van der Waals surface area contributed by atoms with Crippen molar-refractivity contribution in [3.05, 3.63) is 18.1 Å². The lowest BCUT2D eigenvalue weighted by molar-refractivity contribution is -0.109. The van der Waals surface area contributed by atoms with Crippen molar-refractivity contribution in [2.45, 2.75) is 6.92 Å². The zero-order valence-electron chi connectivity index (χ0n) is 9.17. The summed E-state index contributed by atoms with van der Waals surface area (Å²) in [5.74, 6) is 1.01. The first kappa shape index (κ1) is 11.6. The Morgan fingerprint density at radius 2 is 2.41 bits per heavy atom. The van der Waals surface area contributed by atoms with Crippen molar-refractivity contribution in [2.24, 2.45) is 0 Å². The van der Waals surface area contributed by atoms with Crippen molar-refractivity contribution >= 4 is 39.8 Å². The number of H-pyrrole nitrogens is 1. The van der Waals surface area contributed by atoms with E-state index in [2.05, 4.69) is 20.2 Å². The second kappa shape index (κ2) is 4.96. The molecule has 0 spiro atoms. The SMILES string of the molecule is CC(=O)SCC=Cc1[nH]nc2ncnc(N)c12. The number of nitrogens with zero attached hydrogens (tertiary/aromatic N) is 3. The fraction of sp³-hybridized carbons (Fsp3) is 0.200.